The van der Waals surface area contributed by atoms with E-state index >= 15 is 0 Å². The lowest BCUT2D eigenvalue weighted by Gasteiger charge is -2.20. The van der Waals surface area contributed by atoms with Crippen molar-refractivity contribution in [2.24, 2.45) is 0 Å². The monoisotopic (exact) mass is 498 g/mol. The van der Waals surface area contributed by atoms with Gasteiger partial charge in [0.25, 0.3) is 0 Å². The molecule has 2 aromatic rings. The number of nitrogens with zero attached hydrogens (tertiary/aromatic N) is 1. The van der Waals surface area contributed by atoms with Gasteiger partial charge in [-0.15, -0.1) is 0 Å². The Labute approximate surface area is 195 Å². The summed E-state index contributed by atoms with van der Waals surface area (Å²) in [6.07, 6.45) is 3.62. The maximum atomic E-state index is 13.6. The highest BCUT2D eigenvalue weighted by molar-refractivity contribution is 7.89. The molecule has 0 aromatic heterocycles. The Morgan fingerprint density at radius 2 is 1.59 bits per heavy atom. The van der Waals surface area contributed by atoms with Crippen LogP contribution in [0.25, 0.3) is 0 Å². The molecule has 8 nitrogen and oxygen atoms in total. The number of halogens is 3. The fourth-order valence-electron chi connectivity index (χ4n) is 3.44. The van der Waals surface area contributed by atoms with Crippen LogP contribution < -0.4 is 16.0 Å². The Hall–Kier alpha value is -3.12. The lowest BCUT2D eigenvalue weighted by atomic mass is 10.2. The minimum absolute atomic E-state index is 0.118. The van der Waals surface area contributed by atoms with Crippen LogP contribution in [-0.4, -0.2) is 50.7 Å². The molecule has 3 rings (SSSR count). The normalized spacial score (nSPS) is 14.8. The van der Waals surface area contributed by atoms with Crippen molar-refractivity contribution in [1.29, 1.82) is 0 Å². The Morgan fingerprint density at radius 3 is 2.29 bits per heavy atom. The molecular weight excluding hydrogens is 473 g/mol. The van der Waals surface area contributed by atoms with Gasteiger partial charge in [-0.05, 0) is 43.2 Å². The summed E-state index contributed by atoms with van der Waals surface area (Å²) >= 11 is 0. The molecule has 0 saturated carbocycles. The number of anilines is 2. The van der Waals surface area contributed by atoms with E-state index in [1.165, 1.54) is 16.4 Å². The van der Waals surface area contributed by atoms with Crippen LogP contribution in [-0.2, 0) is 19.6 Å². The predicted octanol–water partition coefficient (Wildman–Crippen LogP) is 2.84. The number of hydrogen-bond donors (Lipinski definition) is 3. The van der Waals surface area contributed by atoms with Gasteiger partial charge < -0.3 is 16.0 Å². The van der Waals surface area contributed by atoms with Gasteiger partial charge >= 0.3 is 0 Å². The number of benzene rings is 2. The minimum Gasteiger partial charge on any atom is -0.376 e. The fourth-order valence-corrected chi connectivity index (χ4v) is 5.00. The second kappa shape index (κ2) is 11.3. The summed E-state index contributed by atoms with van der Waals surface area (Å²) in [5, 5.41) is 7.12. The summed E-state index contributed by atoms with van der Waals surface area (Å²) in [5.74, 6) is -6.09. The van der Waals surface area contributed by atoms with Crippen molar-refractivity contribution in [2.75, 3.05) is 36.8 Å². The number of hydrogen-bond acceptors (Lipinski definition) is 5. The van der Waals surface area contributed by atoms with E-state index in [1.54, 1.807) is 12.1 Å². The summed E-state index contributed by atoms with van der Waals surface area (Å²) < 4.78 is 67.1. The molecule has 1 aliphatic rings. The van der Waals surface area contributed by atoms with Crippen molar-refractivity contribution >= 4 is 33.2 Å². The Bertz CT molecular complexity index is 1150. The minimum atomic E-state index is -3.65. The number of carbonyl (C=O) groups is 2. The number of nitrogens with one attached hydrogen (secondary N) is 3. The molecule has 2 amide bonds. The zero-order chi connectivity index (χ0) is 24.7. The van der Waals surface area contributed by atoms with Gasteiger partial charge in [0.15, 0.2) is 17.5 Å². The Balaban J connectivity index is 1.51. The second-order valence-corrected chi connectivity index (χ2v) is 9.69. The van der Waals surface area contributed by atoms with E-state index in [0.717, 1.165) is 31.7 Å². The number of sulfonamides is 1. The maximum absolute atomic E-state index is 13.6. The van der Waals surface area contributed by atoms with Crippen molar-refractivity contribution in [3.63, 3.8) is 0 Å². The average Bonchev–Trinajstić information content (AvgIpc) is 3.12. The van der Waals surface area contributed by atoms with Gasteiger partial charge in [-0.1, -0.05) is 18.9 Å². The molecular formula is C22H25F3N4O4S. The lowest BCUT2D eigenvalue weighted by molar-refractivity contribution is -0.122. The molecule has 0 radical (unpaired) electrons. The van der Waals surface area contributed by atoms with Crippen LogP contribution in [0.5, 0.6) is 0 Å². The van der Waals surface area contributed by atoms with Crippen LogP contribution in [0.15, 0.2) is 41.3 Å². The smallest absolute Gasteiger partial charge is 0.243 e. The first kappa shape index (κ1) is 25.5. The zero-order valence-corrected chi connectivity index (χ0v) is 19.1. The van der Waals surface area contributed by atoms with Gasteiger partial charge in [0.2, 0.25) is 21.8 Å². The van der Waals surface area contributed by atoms with Crippen molar-refractivity contribution in [3.05, 3.63) is 53.8 Å². The first-order valence-electron chi connectivity index (χ1n) is 10.7. The molecule has 3 N–H and O–H groups in total. The quantitative estimate of drug-likeness (QED) is 0.485. The Kier molecular flexibility index (Phi) is 8.51. The fraction of sp³-hybridized carbons (Fsp3) is 0.364. The molecule has 2 aromatic carbocycles. The first-order valence-corrected chi connectivity index (χ1v) is 12.2. The molecule has 1 heterocycles. The van der Waals surface area contributed by atoms with Gasteiger partial charge in [-0.3, -0.25) is 9.59 Å². The SMILES string of the molecule is O=C(CNc1cccc(S(=O)(=O)N2CCCCCC2)c1)NCC(=O)Nc1ccc(F)c(F)c1F. The van der Waals surface area contributed by atoms with Crippen molar-refractivity contribution < 1.29 is 31.2 Å². The number of rotatable bonds is 8. The van der Waals surface area contributed by atoms with E-state index in [1.807, 2.05) is 5.32 Å². The van der Waals surface area contributed by atoms with E-state index in [0.29, 0.717) is 24.8 Å². The highest BCUT2D eigenvalue weighted by atomic mass is 32.2. The molecule has 0 bridgehead atoms. The summed E-state index contributed by atoms with van der Waals surface area (Å²) in [5.41, 5.74) is -0.155. The first-order chi connectivity index (χ1) is 16.2. The average molecular weight is 499 g/mol. The van der Waals surface area contributed by atoms with E-state index in [2.05, 4.69) is 10.6 Å². The van der Waals surface area contributed by atoms with Crippen LogP contribution in [0.1, 0.15) is 25.7 Å². The highest BCUT2D eigenvalue weighted by Gasteiger charge is 2.25. The molecule has 0 spiro atoms. The van der Waals surface area contributed by atoms with Crippen LogP contribution in [0.4, 0.5) is 24.5 Å². The van der Waals surface area contributed by atoms with Crippen LogP contribution in [0.2, 0.25) is 0 Å². The van der Waals surface area contributed by atoms with Crippen molar-refractivity contribution in [2.45, 2.75) is 30.6 Å². The molecule has 12 heteroatoms. The van der Waals surface area contributed by atoms with Gasteiger partial charge in [-0.2, -0.15) is 4.31 Å². The number of amides is 2. The third-order valence-corrected chi connectivity index (χ3v) is 7.14. The maximum Gasteiger partial charge on any atom is 0.243 e. The van der Waals surface area contributed by atoms with Crippen LogP contribution in [0, 0.1) is 17.5 Å². The molecule has 1 aliphatic heterocycles. The van der Waals surface area contributed by atoms with Gasteiger partial charge in [0, 0.05) is 18.8 Å². The number of carbonyl (C=O) groups excluding carboxylic acids is 2. The molecule has 1 fully saturated rings. The topological polar surface area (TPSA) is 108 Å². The largest absolute Gasteiger partial charge is 0.376 e. The molecule has 184 valence electrons. The molecule has 0 unspecified atom stereocenters. The highest BCUT2D eigenvalue weighted by Crippen LogP contribution is 2.23. The molecule has 34 heavy (non-hydrogen) atoms. The van der Waals surface area contributed by atoms with Crippen molar-refractivity contribution in [1.82, 2.24) is 9.62 Å². The van der Waals surface area contributed by atoms with Crippen LogP contribution >= 0.6 is 0 Å². The molecule has 1 saturated heterocycles. The second-order valence-electron chi connectivity index (χ2n) is 7.75. The molecule has 0 atom stereocenters. The van der Waals surface area contributed by atoms with Gasteiger partial charge in [0.1, 0.15) is 0 Å². The van der Waals surface area contributed by atoms with E-state index in [9.17, 15) is 31.2 Å². The van der Waals surface area contributed by atoms with Gasteiger partial charge in [-0.25, -0.2) is 21.6 Å². The van der Waals surface area contributed by atoms with Crippen molar-refractivity contribution in [3.8, 4) is 0 Å². The van der Waals surface area contributed by atoms with E-state index < -0.39 is 51.5 Å². The molecule has 0 aliphatic carbocycles. The lowest BCUT2D eigenvalue weighted by Crippen LogP contribution is -2.36. The van der Waals surface area contributed by atoms with E-state index in [-0.39, 0.29) is 11.4 Å². The third-order valence-electron chi connectivity index (χ3n) is 5.25. The summed E-state index contributed by atoms with van der Waals surface area (Å²) in [4.78, 5) is 24.0. The summed E-state index contributed by atoms with van der Waals surface area (Å²) in [6.45, 7) is 0.139. The summed E-state index contributed by atoms with van der Waals surface area (Å²) in [6, 6.07) is 7.63. The summed E-state index contributed by atoms with van der Waals surface area (Å²) in [7, 11) is -3.65. The Morgan fingerprint density at radius 1 is 0.882 bits per heavy atom. The third kappa shape index (κ3) is 6.48. The van der Waals surface area contributed by atoms with Crippen LogP contribution in [0.3, 0.4) is 0 Å². The zero-order valence-electron chi connectivity index (χ0n) is 18.2. The standard InChI is InChI=1S/C22H25F3N4O4S/c23-17-8-9-18(22(25)21(17)24)28-20(31)14-27-19(30)13-26-15-6-5-7-16(12-15)34(32,33)29-10-3-1-2-4-11-29/h5-9,12,26H,1-4,10-11,13-14H2,(H,27,30)(H,28,31). The van der Waals surface area contributed by atoms with E-state index in [4.69, 9.17) is 0 Å². The predicted molar refractivity (Wildman–Crippen MR) is 120 cm³/mol. The van der Waals surface area contributed by atoms with Gasteiger partial charge in [0.05, 0.1) is 23.7 Å².